The molecule has 21 nitrogen and oxygen atoms in total. The summed E-state index contributed by atoms with van der Waals surface area (Å²) in [5.41, 5.74) is 27.4. The van der Waals surface area contributed by atoms with Gasteiger partial charge in [-0.2, -0.15) is 0 Å². The molecule has 0 aromatic heterocycles. The van der Waals surface area contributed by atoms with Crippen LogP contribution in [0, 0.1) is 11.8 Å². The Hall–Kier alpha value is -5.21. The molecule has 0 aliphatic carbocycles. The molecule has 0 aromatic rings. The molecule has 0 bridgehead atoms. The Bertz CT molecular complexity index is 1380. The number of rotatable bonds is 19. The topological polar surface area (TPSA) is 367 Å². The number of unbranched alkanes of at least 4 members (excludes halogenated alkanes) is 1. The summed E-state index contributed by atoms with van der Waals surface area (Å²) < 4.78 is 0. The smallest absolute Gasteiger partial charge is 0.326 e. The van der Waals surface area contributed by atoms with E-state index in [0.29, 0.717) is 25.8 Å². The summed E-state index contributed by atoms with van der Waals surface area (Å²) in [4.78, 5) is 102. The van der Waals surface area contributed by atoms with Gasteiger partial charge in [-0.15, -0.1) is 0 Å². The molecule has 0 unspecified atom stereocenters. The summed E-state index contributed by atoms with van der Waals surface area (Å²) >= 11 is 0. The van der Waals surface area contributed by atoms with Crippen LogP contribution < -0.4 is 60.6 Å². The van der Waals surface area contributed by atoms with Gasteiger partial charge in [0.25, 0.3) is 0 Å². The van der Waals surface area contributed by atoms with Crippen LogP contribution in [0.2, 0.25) is 0 Å². The van der Waals surface area contributed by atoms with Crippen molar-refractivity contribution in [2.24, 2.45) is 50.5 Å². The van der Waals surface area contributed by atoms with E-state index < -0.39 is 83.6 Å². The maximum atomic E-state index is 14.0. The van der Waals surface area contributed by atoms with Crippen LogP contribution in [0.25, 0.3) is 0 Å². The molecule has 17 N–H and O–H groups in total. The Morgan fingerprint density at radius 2 is 1.30 bits per heavy atom. The highest BCUT2D eigenvalue weighted by Crippen LogP contribution is 2.14. The normalized spacial score (nSPS) is 22.5. The molecule has 0 radical (unpaired) electrons. The van der Waals surface area contributed by atoms with Gasteiger partial charge in [0.1, 0.15) is 36.3 Å². The molecule has 0 spiro atoms. The highest BCUT2D eigenvalue weighted by Gasteiger charge is 2.35. The SMILES string of the molecule is CC[C@H](C)[C@@H]1NC(=O)[C@H](CCCN=C(N)N)NC(=O)[C@H](CC(C)C)NC(=O)CC[C@@H](C(=O)N[C@@H](CCCCN)C(=O)O)NC(=O)[C@H](CCCN=C(N)N)NC1=O. The van der Waals surface area contributed by atoms with E-state index in [9.17, 15) is 38.7 Å². The molecule has 7 atom stereocenters. The van der Waals surface area contributed by atoms with Crippen LogP contribution in [-0.4, -0.2) is 114 Å². The van der Waals surface area contributed by atoms with Crippen molar-refractivity contribution >= 4 is 53.3 Å². The molecule has 6 amide bonds. The second kappa shape index (κ2) is 25.8. The molecule has 318 valence electrons. The third kappa shape index (κ3) is 18.9. The van der Waals surface area contributed by atoms with E-state index in [4.69, 9.17) is 28.7 Å². The number of hydrogen-bond acceptors (Lipinski definition) is 10. The van der Waals surface area contributed by atoms with Gasteiger partial charge in [-0.1, -0.05) is 34.1 Å². The van der Waals surface area contributed by atoms with Crippen LogP contribution in [0.3, 0.4) is 0 Å². The zero-order valence-electron chi connectivity index (χ0n) is 33.1. The second-order valence-corrected chi connectivity index (χ2v) is 14.4. The van der Waals surface area contributed by atoms with Gasteiger partial charge in [-0.25, -0.2) is 4.79 Å². The number of carbonyl (C=O) groups is 7. The number of hydrogen-bond donors (Lipinski definition) is 12. The lowest BCUT2D eigenvalue weighted by molar-refractivity contribution is -0.142. The van der Waals surface area contributed by atoms with E-state index in [2.05, 4.69) is 41.9 Å². The fraction of sp³-hybridized carbons (Fsp3) is 0.743. The molecule has 0 saturated carbocycles. The standard InChI is InChI=1S/C35H65N13O8/c1-5-20(4)27-32(54)46-21(11-8-16-41-34(37)38)28(50)45-23(29(51)47-24(33(55)56)10-6-7-15-36)13-14-26(49)43-25(18-19(2)3)31(53)44-22(30(52)48-27)12-9-17-42-35(39)40/h19-25,27H,5-18,36H2,1-4H3,(H,43,49)(H,44,53)(H,45,50)(H,46,54)(H,47,51)(H,48,52)(H,55,56)(H4,37,38,41)(H4,39,40,42)/t20-,21-,22-,23-,24-,25-,27-/m0/s1. The number of aliphatic carboxylic acids is 1. The Morgan fingerprint density at radius 3 is 1.80 bits per heavy atom. The van der Waals surface area contributed by atoms with Crippen molar-refractivity contribution in [1.29, 1.82) is 0 Å². The van der Waals surface area contributed by atoms with E-state index in [1.54, 1.807) is 6.92 Å². The second-order valence-electron chi connectivity index (χ2n) is 14.4. The fourth-order valence-corrected chi connectivity index (χ4v) is 5.84. The molecule has 56 heavy (non-hydrogen) atoms. The summed E-state index contributed by atoms with van der Waals surface area (Å²) in [5.74, 6) is -6.57. The summed E-state index contributed by atoms with van der Waals surface area (Å²) in [6.07, 6.45) is 1.47. The minimum absolute atomic E-state index is 0.0124. The van der Waals surface area contributed by atoms with Gasteiger partial charge in [-0.05, 0) is 76.2 Å². The van der Waals surface area contributed by atoms with Crippen LogP contribution in [-0.2, 0) is 33.6 Å². The van der Waals surface area contributed by atoms with Crippen molar-refractivity contribution in [1.82, 2.24) is 31.9 Å². The fourth-order valence-electron chi connectivity index (χ4n) is 5.84. The highest BCUT2D eigenvalue weighted by atomic mass is 16.4. The number of guanidine groups is 2. The third-order valence-corrected chi connectivity index (χ3v) is 9.16. The molecular formula is C35H65N13O8. The molecule has 1 saturated heterocycles. The third-order valence-electron chi connectivity index (χ3n) is 9.16. The average Bonchev–Trinajstić information content (AvgIpc) is 3.12. The summed E-state index contributed by atoms with van der Waals surface area (Å²) in [5, 5.41) is 25.7. The number of nitrogens with two attached hydrogens (primary N) is 5. The first-order valence-electron chi connectivity index (χ1n) is 19.2. The number of amides is 6. The quantitative estimate of drug-likeness (QED) is 0.0355. The first kappa shape index (κ1) is 48.8. The molecule has 0 aromatic carbocycles. The van der Waals surface area contributed by atoms with E-state index in [-0.39, 0.29) is 82.3 Å². The predicted octanol–water partition coefficient (Wildman–Crippen LogP) is -2.90. The first-order chi connectivity index (χ1) is 26.4. The van der Waals surface area contributed by atoms with Gasteiger partial charge >= 0.3 is 5.97 Å². The number of carboxylic acids is 1. The number of nitrogens with one attached hydrogen (secondary N) is 6. The number of carbonyl (C=O) groups excluding carboxylic acids is 6. The summed E-state index contributed by atoms with van der Waals surface area (Å²) in [7, 11) is 0. The maximum Gasteiger partial charge on any atom is 0.326 e. The Balaban J connectivity index is 3.73. The van der Waals surface area contributed by atoms with Crippen molar-refractivity contribution in [2.75, 3.05) is 19.6 Å². The average molecular weight is 796 g/mol. The number of nitrogens with zero attached hydrogens (tertiary/aromatic N) is 2. The van der Waals surface area contributed by atoms with E-state index in [1.807, 2.05) is 20.8 Å². The lowest BCUT2D eigenvalue weighted by atomic mass is 9.96. The molecular weight excluding hydrogens is 730 g/mol. The van der Waals surface area contributed by atoms with E-state index in [0.717, 1.165) is 0 Å². The van der Waals surface area contributed by atoms with E-state index in [1.165, 1.54) is 0 Å². The van der Waals surface area contributed by atoms with Crippen LogP contribution in [0.1, 0.15) is 98.3 Å². The molecule has 1 aliphatic heterocycles. The molecule has 1 fully saturated rings. The van der Waals surface area contributed by atoms with Gasteiger partial charge in [0.15, 0.2) is 11.9 Å². The Kier molecular flexibility index (Phi) is 22.5. The lowest BCUT2D eigenvalue weighted by Gasteiger charge is -2.29. The number of aliphatic imine (C=N–C) groups is 2. The largest absolute Gasteiger partial charge is 0.480 e. The van der Waals surface area contributed by atoms with Gasteiger partial charge in [0.05, 0.1) is 0 Å². The monoisotopic (exact) mass is 796 g/mol. The van der Waals surface area contributed by atoms with E-state index >= 15 is 0 Å². The minimum Gasteiger partial charge on any atom is -0.480 e. The molecule has 1 aliphatic rings. The van der Waals surface area contributed by atoms with Crippen LogP contribution in [0.5, 0.6) is 0 Å². The maximum absolute atomic E-state index is 14.0. The lowest BCUT2D eigenvalue weighted by Crippen LogP contribution is -2.60. The molecule has 21 heteroatoms. The van der Waals surface area contributed by atoms with Crippen LogP contribution >= 0.6 is 0 Å². The van der Waals surface area contributed by atoms with Gasteiger partial charge in [0.2, 0.25) is 35.4 Å². The van der Waals surface area contributed by atoms with Gasteiger partial charge < -0.3 is 65.7 Å². The van der Waals surface area contributed by atoms with Crippen molar-refractivity contribution in [3.63, 3.8) is 0 Å². The van der Waals surface area contributed by atoms with Crippen LogP contribution in [0.4, 0.5) is 0 Å². The number of carboxylic acid groups (broad SMARTS) is 1. The van der Waals surface area contributed by atoms with Crippen molar-refractivity contribution in [3.8, 4) is 0 Å². The van der Waals surface area contributed by atoms with Crippen molar-refractivity contribution in [2.45, 2.75) is 135 Å². The Labute approximate surface area is 328 Å². The molecule has 1 heterocycles. The van der Waals surface area contributed by atoms with Crippen LogP contribution in [0.15, 0.2) is 9.98 Å². The van der Waals surface area contributed by atoms with Crippen molar-refractivity contribution < 1.29 is 38.7 Å². The van der Waals surface area contributed by atoms with Gasteiger partial charge in [0, 0.05) is 19.5 Å². The first-order valence-corrected chi connectivity index (χ1v) is 19.2. The molecule has 1 rings (SSSR count). The minimum atomic E-state index is -1.44. The van der Waals surface area contributed by atoms with Crippen molar-refractivity contribution in [3.05, 3.63) is 0 Å². The zero-order valence-corrected chi connectivity index (χ0v) is 33.1. The predicted molar refractivity (Wildman–Crippen MR) is 210 cm³/mol. The van der Waals surface area contributed by atoms with Gasteiger partial charge in [-0.3, -0.25) is 38.8 Å². The summed E-state index contributed by atoms with van der Waals surface area (Å²) in [6, 6.07) is -7.49. The summed E-state index contributed by atoms with van der Waals surface area (Å²) in [6.45, 7) is 7.79. The Morgan fingerprint density at radius 1 is 0.768 bits per heavy atom. The zero-order chi connectivity index (χ0) is 42.4. The highest BCUT2D eigenvalue weighted by molar-refractivity contribution is 5.97.